The van der Waals surface area contributed by atoms with Crippen molar-refractivity contribution in [2.24, 2.45) is 0 Å². The van der Waals surface area contributed by atoms with Crippen LogP contribution in [-0.2, 0) is 24.3 Å². The van der Waals surface area contributed by atoms with Crippen LogP contribution >= 0.6 is 11.6 Å². The maximum Gasteiger partial charge on any atom is 0.324 e. The fraction of sp³-hybridized carbons (Fsp3) is 0.300. The lowest BCUT2D eigenvalue weighted by Gasteiger charge is -2.22. The zero-order chi connectivity index (χ0) is 21.0. The lowest BCUT2D eigenvalue weighted by Crippen LogP contribution is -2.42. The van der Waals surface area contributed by atoms with Crippen LogP contribution in [0.3, 0.4) is 0 Å². The minimum absolute atomic E-state index is 0.0544. The van der Waals surface area contributed by atoms with Crippen LogP contribution in [0.2, 0.25) is 5.02 Å². The van der Waals surface area contributed by atoms with Crippen molar-refractivity contribution in [2.45, 2.75) is 30.7 Å². The van der Waals surface area contributed by atoms with Gasteiger partial charge in [0.1, 0.15) is 6.04 Å². The molecule has 1 saturated heterocycles. The van der Waals surface area contributed by atoms with Crippen LogP contribution in [0.4, 0.5) is 5.69 Å². The van der Waals surface area contributed by atoms with E-state index in [2.05, 4.69) is 5.32 Å². The Balaban J connectivity index is 1.61. The van der Waals surface area contributed by atoms with Crippen molar-refractivity contribution in [2.75, 3.05) is 18.5 Å². The van der Waals surface area contributed by atoms with Crippen molar-refractivity contribution in [3.8, 4) is 0 Å². The van der Waals surface area contributed by atoms with Crippen molar-refractivity contribution in [3.63, 3.8) is 0 Å². The summed E-state index contributed by atoms with van der Waals surface area (Å²) in [6.45, 7) is 1.65. The number of hydrogen-bond donors (Lipinski definition) is 1. The first kappa shape index (κ1) is 21.3. The number of anilines is 1. The lowest BCUT2D eigenvalue weighted by atomic mass is 10.2. The Morgan fingerprint density at radius 1 is 1.14 bits per heavy atom. The Morgan fingerprint density at radius 2 is 1.79 bits per heavy atom. The number of carbonyl (C=O) groups excluding carboxylic acids is 2. The van der Waals surface area contributed by atoms with Crippen molar-refractivity contribution in [1.82, 2.24) is 4.31 Å². The Bertz CT molecular complexity index is 991. The molecule has 3 rings (SSSR count). The van der Waals surface area contributed by atoms with Crippen LogP contribution in [-0.4, -0.2) is 43.8 Å². The molecule has 0 radical (unpaired) electrons. The van der Waals surface area contributed by atoms with E-state index in [0.29, 0.717) is 23.6 Å². The standard InChI is InChI=1S/C20H21ClN2O5S/c1-14-4-8-16(9-5-14)22-19(24)13-28-20(25)18-3-2-12-23(18)29(26,27)17-10-6-15(21)7-11-17/h4-11,18H,2-3,12-13H2,1H3,(H,22,24)/t18-/m0/s1. The Labute approximate surface area is 174 Å². The second-order valence-corrected chi connectivity index (χ2v) is 9.08. The summed E-state index contributed by atoms with van der Waals surface area (Å²) < 4.78 is 31.9. The quantitative estimate of drug-likeness (QED) is 0.702. The highest BCUT2D eigenvalue weighted by atomic mass is 35.5. The number of benzene rings is 2. The van der Waals surface area contributed by atoms with E-state index in [-0.39, 0.29) is 11.4 Å². The molecule has 0 bridgehead atoms. The Hall–Kier alpha value is -2.42. The second kappa shape index (κ2) is 8.94. The molecule has 2 aromatic carbocycles. The number of nitrogens with one attached hydrogen (secondary N) is 1. The molecule has 29 heavy (non-hydrogen) atoms. The maximum atomic E-state index is 12.9. The summed E-state index contributed by atoms with van der Waals surface area (Å²) in [5, 5.41) is 3.04. The van der Waals surface area contributed by atoms with Crippen LogP contribution in [0.15, 0.2) is 53.4 Å². The first-order valence-electron chi connectivity index (χ1n) is 9.08. The molecule has 1 aliphatic heterocycles. The number of sulfonamides is 1. The number of ether oxygens (including phenoxy) is 1. The fourth-order valence-electron chi connectivity index (χ4n) is 3.07. The van der Waals surface area contributed by atoms with Gasteiger partial charge in [-0.05, 0) is 56.2 Å². The number of esters is 1. The summed E-state index contributed by atoms with van der Waals surface area (Å²) in [5.41, 5.74) is 1.64. The number of amides is 1. The van der Waals surface area contributed by atoms with Crippen LogP contribution in [0, 0.1) is 6.92 Å². The molecule has 0 unspecified atom stereocenters. The SMILES string of the molecule is Cc1ccc(NC(=O)COC(=O)[C@@H]2CCCN2S(=O)(=O)c2ccc(Cl)cc2)cc1. The molecule has 1 fully saturated rings. The molecule has 0 aliphatic carbocycles. The zero-order valence-corrected chi connectivity index (χ0v) is 17.4. The van der Waals surface area contributed by atoms with E-state index in [1.807, 2.05) is 19.1 Å². The van der Waals surface area contributed by atoms with E-state index in [1.54, 1.807) is 12.1 Å². The number of nitrogens with zero attached hydrogens (tertiary/aromatic N) is 1. The maximum absolute atomic E-state index is 12.9. The third-order valence-corrected chi connectivity index (χ3v) is 6.75. The van der Waals surface area contributed by atoms with E-state index in [1.165, 1.54) is 24.3 Å². The number of halogens is 1. The summed E-state index contributed by atoms with van der Waals surface area (Å²) in [6.07, 6.45) is 0.868. The van der Waals surface area contributed by atoms with Gasteiger partial charge in [0.05, 0.1) is 4.90 Å². The van der Waals surface area contributed by atoms with Gasteiger partial charge in [0.15, 0.2) is 6.61 Å². The molecule has 0 spiro atoms. The van der Waals surface area contributed by atoms with Crippen LogP contribution < -0.4 is 5.32 Å². The van der Waals surface area contributed by atoms with Gasteiger partial charge in [-0.1, -0.05) is 29.3 Å². The molecular weight excluding hydrogens is 416 g/mol. The van der Waals surface area contributed by atoms with Crippen LogP contribution in [0.25, 0.3) is 0 Å². The fourth-order valence-corrected chi connectivity index (χ4v) is 4.84. The highest BCUT2D eigenvalue weighted by Crippen LogP contribution is 2.27. The third kappa shape index (κ3) is 5.14. The normalized spacial score (nSPS) is 17.1. The zero-order valence-electron chi connectivity index (χ0n) is 15.8. The van der Waals surface area contributed by atoms with E-state index >= 15 is 0 Å². The molecule has 1 atom stereocenters. The monoisotopic (exact) mass is 436 g/mol. The number of hydrogen-bond acceptors (Lipinski definition) is 5. The van der Waals surface area contributed by atoms with Gasteiger partial charge in [-0.3, -0.25) is 9.59 Å². The summed E-state index contributed by atoms with van der Waals surface area (Å²) in [4.78, 5) is 24.5. The molecule has 2 aromatic rings. The topological polar surface area (TPSA) is 92.8 Å². The summed E-state index contributed by atoms with van der Waals surface area (Å²) in [5.74, 6) is -1.23. The summed E-state index contributed by atoms with van der Waals surface area (Å²) in [6, 6.07) is 12.0. The van der Waals surface area contributed by atoms with Gasteiger partial charge in [-0.25, -0.2) is 8.42 Å². The third-order valence-electron chi connectivity index (χ3n) is 4.58. The van der Waals surface area contributed by atoms with Crippen molar-refractivity contribution < 1.29 is 22.7 Å². The molecule has 0 saturated carbocycles. The molecule has 1 N–H and O–H groups in total. The smallest absolute Gasteiger partial charge is 0.324 e. The largest absolute Gasteiger partial charge is 0.454 e. The predicted octanol–water partition coefficient (Wildman–Crippen LogP) is 2.98. The van der Waals surface area contributed by atoms with Gasteiger partial charge >= 0.3 is 5.97 Å². The summed E-state index contributed by atoms with van der Waals surface area (Å²) in [7, 11) is -3.87. The van der Waals surface area contributed by atoms with Gasteiger partial charge in [-0.2, -0.15) is 4.31 Å². The molecule has 9 heteroatoms. The van der Waals surface area contributed by atoms with E-state index < -0.39 is 34.5 Å². The van der Waals surface area contributed by atoms with Crippen molar-refractivity contribution in [3.05, 3.63) is 59.1 Å². The van der Waals surface area contributed by atoms with Crippen molar-refractivity contribution >= 4 is 39.2 Å². The molecule has 7 nitrogen and oxygen atoms in total. The van der Waals surface area contributed by atoms with E-state index in [9.17, 15) is 18.0 Å². The Kier molecular flexibility index (Phi) is 6.56. The Morgan fingerprint density at radius 3 is 2.45 bits per heavy atom. The highest BCUT2D eigenvalue weighted by Gasteiger charge is 2.40. The average Bonchev–Trinajstić information content (AvgIpc) is 3.19. The first-order valence-corrected chi connectivity index (χ1v) is 10.9. The number of aryl methyl sites for hydroxylation is 1. The molecule has 1 amide bonds. The molecule has 0 aromatic heterocycles. The minimum atomic E-state index is -3.87. The van der Waals surface area contributed by atoms with Crippen LogP contribution in [0.1, 0.15) is 18.4 Å². The number of rotatable bonds is 6. The highest BCUT2D eigenvalue weighted by molar-refractivity contribution is 7.89. The van der Waals surface area contributed by atoms with E-state index in [4.69, 9.17) is 16.3 Å². The first-order chi connectivity index (χ1) is 13.8. The lowest BCUT2D eigenvalue weighted by molar-refractivity contribution is -0.150. The second-order valence-electron chi connectivity index (χ2n) is 6.75. The molecular formula is C20H21ClN2O5S. The van der Waals surface area contributed by atoms with Gasteiger partial charge in [0, 0.05) is 17.3 Å². The minimum Gasteiger partial charge on any atom is -0.454 e. The van der Waals surface area contributed by atoms with Gasteiger partial charge in [0.25, 0.3) is 5.91 Å². The number of carbonyl (C=O) groups is 2. The molecule has 154 valence electrons. The predicted molar refractivity (Wildman–Crippen MR) is 109 cm³/mol. The molecule has 1 heterocycles. The van der Waals surface area contributed by atoms with Gasteiger partial charge in [0.2, 0.25) is 10.0 Å². The van der Waals surface area contributed by atoms with Crippen LogP contribution in [0.5, 0.6) is 0 Å². The average molecular weight is 437 g/mol. The molecule has 1 aliphatic rings. The van der Waals surface area contributed by atoms with Gasteiger partial charge in [-0.15, -0.1) is 0 Å². The van der Waals surface area contributed by atoms with E-state index in [0.717, 1.165) is 9.87 Å². The van der Waals surface area contributed by atoms with Crippen molar-refractivity contribution in [1.29, 1.82) is 0 Å². The summed E-state index contributed by atoms with van der Waals surface area (Å²) >= 11 is 5.82. The van der Waals surface area contributed by atoms with Gasteiger partial charge < -0.3 is 10.1 Å².